The molecule has 5 atom stereocenters. The van der Waals surface area contributed by atoms with Crippen molar-refractivity contribution in [3.63, 3.8) is 0 Å². The number of aliphatic imine (C=N–C) groups is 1. The molecule has 19 heteroatoms. The molecule has 5 N–H and O–H groups in total. The second-order valence-electron chi connectivity index (χ2n) is 19.2. The number of nitrogens with one attached hydrogen (secondary N) is 3. The van der Waals surface area contributed by atoms with Crippen molar-refractivity contribution >= 4 is 49.9 Å². The van der Waals surface area contributed by atoms with Gasteiger partial charge in [-0.15, -0.1) is 12.6 Å². The standard InChI is InChI=1S/C47H75BN4O13S/c1-30(2)51-47(9,66)62-23-18-44(3,4)52-42(56)35(50-38(54)29-63-46(7,8)20-24-61-45(5,6)19-22-59-10)13-11-12-21-49-41(55)34-25-31(28-60-40(48)32-15-16-32)14-17-36(34)64-39-27-33(53)26-37(65-39)43(57)58/h14,17,25,33,35,37,39,53,66H,11-13,15-16,18-24,26-29H2,1-10H3,(H,49,55)(H,50,54)(H,52,56)(H,57,58). The van der Waals surface area contributed by atoms with Crippen LogP contribution in [-0.2, 0) is 49.4 Å². The Kier molecular flexibility index (Phi) is 22.4. The maximum absolute atomic E-state index is 13.9. The van der Waals surface area contributed by atoms with Crippen LogP contribution in [0, 0.1) is 0 Å². The van der Waals surface area contributed by atoms with Crippen molar-refractivity contribution in [3.8, 4) is 5.75 Å². The third-order valence-electron chi connectivity index (χ3n) is 10.9. The van der Waals surface area contributed by atoms with E-state index in [9.17, 15) is 29.4 Å². The van der Waals surface area contributed by atoms with Gasteiger partial charge in [-0.3, -0.25) is 19.4 Å². The number of nitrogens with zero attached hydrogens (tertiary/aromatic N) is 1. The Morgan fingerprint density at radius 1 is 0.939 bits per heavy atom. The molecule has 370 valence electrons. The van der Waals surface area contributed by atoms with Crippen LogP contribution in [0.1, 0.15) is 142 Å². The SMILES string of the molecule is [B]C(OCc1ccc(OC2CC(O)CC(C(=O)O)O2)c(C(=O)NCCCCC(NC(=O)COC(C)(C)CCOC(C)(C)CCOC)C(=O)NC(C)(C)CCOC(C)(S)N=C(C)C)c1)=C1CC1. The zero-order valence-corrected chi connectivity index (χ0v) is 41.6. The topological polar surface area (TPSA) is 222 Å². The smallest absolute Gasteiger partial charge is 0.333 e. The Labute approximate surface area is 398 Å². The van der Waals surface area contributed by atoms with Gasteiger partial charge in [0.05, 0.1) is 36.1 Å². The van der Waals surface area contributed by atoms with Crippen molar-refractivity contribution in [1.82, 2.24) is 16.0 Å². The number of hydrogen-bond acceptors (Lipinski definition) is 14. The summed E-state index contributed by atoms with van der Waals surface area (Å²) in [5, 5.41) is 27.6. The average Bonchev–Trinajstić information content (AvgIpc) is 4.06. The number of hydrogen-bond donors (Lipinski definition) is 6. The lowest BCUT2D eigenvalue weighted by Crippen LogP contribution is -2.54. The predicted molar refractivity (Wildman–Crippen MR) is 254 cm³/mol. The normalized spacial score (nSPS) is 18.9. The van der Waals surface area contributed by atoms with Crippen LogP contribution in [0.25, 0.3) is 0 Å². The fraction of sp³-hybridized carbons (Fsp3) is 0.723. The molecule has 0 aromatic heterocycles. The summed E-state index contributed by atoms with van der Waals surface area (Å²) in [5.74, 6) is -2.45. The van der Waals surface area contributed by atoms with Gasteiger partial charge in [-0.1, -0.05) is 6.07 Å². The molecule has 1 aliphatic carbocycles. The third-order valence-corrected chi connectivity index (χ3v) is 11.1. The number of rotatable bonds is 30. The average molecular weight is 947 g/mol. The number of carbonyl (C=O) groups excluding carboxylic acids is 3. The highest BCUT2D eigenvalue weighted by Gasteiger charge is 2.35. The highest BCUT2D eigenvalue weighted by Crippen LogP contribution is 2.32. The second-order valence-corrected chi connectivity index (χ2v) is 20.0. The Morgan fingerprint density at radius 2 is 1.61 bits per heavy atom. The molecule has 0 spiro atoms. The summed E-state index contributed by atoms with van der Waals surface area (Å²) in [6, 6.07) is 3.93. The van der Waals surface area contributed by atoms with Crippen LogP contribution >= 0.6 is 12.6 Å². The van der Waals surface area contributed by atoms with E-state index in [1.54, 1.807) is 32.2 Å². The molecule has 0 bridgehead atoms. The molecule has 2 fully saturated rings. The predicted octanol–water partition coefficient (Wildman–Crippen LogP) is 5.49. The lowest BCUT2D eigenvalue weighted by molar-refractivity contribution is -0.195. The number of thiol groups is 1. The molecule has 3 amide bonds. The maximum atomic E-state index is 13.9. The number of allylic oxidation sites excluding steroid dienone is 1. The second kappa shape index (κ2) is 26.2. The van der Waals surface area contributed by atoms with Crippen molar-refractivity contribution in [1.29, 1.82) is 0 Å². The van der Waals surface area contributed by atoms with Gasteiger partial charge in [-0.25, -0.2) is 4.79 Å². The Hall–Kier alpha value is -3.72. The number of aliphatic hydroxyl groups is 1. The van der Waals surface area contributed by atoms with Crippen molar-refractivity contribution in [2.45, 2.75) is 179 Å². The van der Waals surface area contributed by atoms with E-state index in [1.807, 2.05) is 55.4 Å². The van der Waals surface area contributed by atoms with Gasteiger partial charge in [0.2, 0.25) is 23.2 Å². The van der Waals surface area contributed by atoms with Gasteiger partial charge >= 0.3 is 5.97 Å². The number of unbranched alkanes of at least 4 members (excludes halogenated alkanes) is 1. The van der Waals surface area contributed by atoms with Crippen LogP contribution in [0.5, 0.6) is 5.75 Å². The Bertz CT molecular complexity index is 1830. The first-order chi connectivity index (χ1) is 30.8. The van der Waals surface area contributed by atoms with Crippen molar-refractivity contribution in [3.05, 3.63) is 40.6 Å². The summed E-state index contributed by atoms with van der Waals surface area (Å²) in [4.78, 5) is 57.0. The molecule has 5 unspecified atom stereocenters. The van der Waals surface area contributed by atoms with Gasteiger partial charge in [-0.2, -0.15) is 0 Å². The number of ether oxygens (including phenoxy) is 7. The lowest BCUT2D eigenvalue weighted by atomic mass is 9.99. The molecule has 1 aliphatic heterocycles. The van der Waals surface area contributed by atoms with Gasteiger partial charge in [0.1, 0.15) is 25.0 Å². The van der Waals surface area contributed by atoms with E-state index in [4.69, 9.17) is 41.0 Å². The number of aliphatic carboxylic acids is 1. The van der Waals surface area contributed by atoms with Crippen molar-refractivity contribution in [2.24, 2.45) is 4.99 Å². The molecule has 66 heavy (non-hydrogen) atoms. The summed E-state index contributed by atoms with van der Waals surface area (Å²) in [7, 11) is 7.68. The maximum Gasteiger partial charge on any atom is 0.333 e. The first-order valence-electron chi connectivity index (χ1n) is 22.8. The van der Waals surface area contributed by atoms with E-state index in [0.717, 1.165) is 30.5 Å². The first kappa shape index (κ1) is 56.6. The monoisotopic (exact) mass is 947 g/mol. The van der Waals surface area contributed by atoms with Gasteiger partial charge in [-0.05, 0) is 137 Å². The van der Waals surface area contributed by atoms with E-state index >= 15 is 0 Å². The molecule has 2 aliphatic rings. The Morgan fingerprint density at radius 3 is 2.26 bits per heavy atom. The molecular weight excluding hydrogens is 871 g/mol. The summed E-state index contributed by atoms with van der Waals surface area (Å²) < 4.78 is 40.4. The number of aliphatic hydroxyl groups excluding tert-OH is 1. The van der Waals surface area contributed by atoms with E-state index in [-0.39, 0.29) is 62.5 Å². The largest absolute Gasteiger partial charge is 0.505 e. The van der Waals surface area contributed by atoms with Crippen molar-refractivity contribution < 1.29 is 62.5 Å². The van der Waals surface area contributed by atoms with Crippen LogP contribution in [0.3, 0.4) is 0 Å². The molecule has 2 radical (unpaired) electrons. The molecule has 1 aromatic rings. The summed E-state index contributed by atoms with van der Waals surface area (Å²) in [6.07, 6.45) is 1.12. The highest BCUT2D eigenvalue weighted by molar-refractivity contribution is 7.81. The number of methoxy groups -OCH3 is 1. The molecule has 1 heterocycles. The summed E-state index contributed by atoms with van der Waals surface area (Å²) >= 11 is 4.50. The number of carbonyl (C=O) groups is 4. The first-order valence-corrected chi connectivity index (χ1v) is 23.3. The van der Waals surface area contributed by atoms with Gasteiger partial charge in [0.15, 0.2) is 14.0 Å². The number of carboxylic acids is 1. The molecular formula is C47H75BN4O13S. The van der Waals surface area contributed by atoms with Gasteiger partial charge < -0.3 is 59.3 Å². The fourth-order valence-corrected chi connectivity index (χ4v) is 7.08. The lowest BCUT2D eigenvalue weighted by Gasteiger charge is -2.31. The summed E-state index contributed by atoms with van der Waals surface area (Å²) in [6.45, 7) is 18.2. The molecule has 1 saturated heterocycles. The van der Waals surface area contributed by atoms with Crippen LogP contribution < -0.4 is 20.7 Å². The van der Waals surface area contributed by atoms with E-state index in [0.29, 0.717) is 50.1 Å². The minimum Gasteiger partial charge on any atom is -0.505 e. The third kappa shape index (κ3) is 21.9. The number of benzene rings is 1. The van der Waals surface area contributed by atoms with Crippen LogP contribution in [0.15, 0.2) is 34.4 Å². The van der Waals surface area contributed by atoms with E-state index in [1.165, 1.54) is 0 Å². The number of carboxylic acid groups (broad SMARTS) is 1. The van der Waals surface area contributed by atoms with E-state index in [2.05, 4.69) is 33.6 Å². The summed E-state index contributed by atoms with van der Waals surface area (Å²) in [5.41, 5.74) is 1.17. The fourth-order valence-electron chi connectivity index (χ4n) is 6.79. The van der Waals surface area contributed by atoms with Gasteiger partial charge in [0.25, 0.3) is 5.91 Å². The van der Waals surface area contributed by atoms with E-state index < -0.39 is 64.4 Å². The molecule has 3 rings (SSSR count). The van der Waals surface area contributed by atoms with Crippen molar-refractivity contribution in [2.75, 3.05) is 40.1 Å². The highest BCUT2D eigenvalue weighted by atomic mass is 32.1. The number of amides is 3. The van der Waals surface area contributed by atoms with Gasteiger partial charge in [0, 0.05) is 50.0 Å². The zero-order valence-electron chi connectivity index (χ0n) is 40.7. The molecule has 1 aromatic carbocycles. The minimum absolute atomic E-state index is 0.00588. The zero-order chi connectivity index (χ0) is 49.3. The van der Waals surface area contributed by atoms with Crippen LogP contribution in [0.4, 0.5) is 0 Å². The molecule has 17 nitrogen and oxygen atoms in total. The Balaban J connectivity index is 1.67. The quantitative estimate of drug-likeness (QED) is 0.0140. The minimum atomic E-state index is -1.27. The van der Waals surface area contributed by atoms with Crippen LogP contribution in [-0.4, -0.2) is 134 Å². The van der Waals surface area contributed by atoms with Crippen LogP contribution in [0.2, 0.25) is 0 Å². The molecule has 1 saturated carbocycles.